The van der Waals surface area contributed by atoms with E-state index in [1.165, 1.54) is 12.1 Å². The fraction of sp³-hybridized carbons (Fsp3) is 0.538. The van der Waals surface area contributed by atoms with E-state index in [1.54, 1.807) is 6.07 Å². The molecule has 0 atom stereocenters. The quantitative estimate of drug-likeness (QED) is 0.908. The number of sulfone groups is 1. The molecule has 0 aliphatic carbocycles. The van der Waals surface area contributed by atoms with Crippen molar-refractivity contribution in [2.24, 2.45) is 5.73 Å². The van der Waals surface area contributed by atoms with E-state index >= 15 is 0 Å². The minimum absolute atomic E-state index is 0.151. The second-order valence-corrected chi connectivity index (χ2v) is 7.02. The summed E-state index contributed by atoms with van der Waals surface area (Å²) in [5.74, 6) is -0.587. The summed E-state index contributed by atoms with van der Waals surface area (Å²) in [5.41, 5.74) is 6.71. The number of hydrogen-bond acceptors (Lipinski definition) is 4. The Hall–Kier alpha value is -0.980. The Balaban J connectivity index is 2.21. The fourth-order valence-electron chi connectivity index (χ4n) is 2.30. The largest absolute Gasteiger partial charge is 0.381 e. The molecule has 106 valence electrons. The van der Waals surface area contributed by atoms with Crippen LogP contribution < -0.4 is 5.73 Å². The zero-order valence-corrected chi connectivity index (χ0v) is 11.5. The van der Waals surface area contributed by atoms with Crippen LogP contribution in [-0.4, -0.2) is 26.9 Å². The van der Waals surface area contributed by atoms with Crippen LogP contribution in [-0.2, 0) is 26.9 Å². The lowest BCUT2D eigenvalue weighted by molar-refractivity contribution is 0.0983. The van der Waals surface area contributed by atoms with Crippen LogP contribution in [0.3, 0.4) is 0 Å². The van der Waals surface area contributed by atoms with Gasteiger partial charge < -0.3 is 10.5 Å². The van der Waals surface area contributed by atoms with Crippen molar-refractivity contribution in [3.63, 3.8) is 0 Å². The standard InChI is InChI=1S/C13H18FNO3S/c14-12-2-1-10(8-15)11(7-12)9-19(16,17)13-3-5-18-6-4-13/h1-2,7,13H,3-6,8-9,15H2. The first-order valence-electron chi connectivity index (χ1n) is 6.29. The fourth-order valence-corrected chi connectivity index (χ4v) is 4.15. The molecule has 0 spiro atoms. The van der Waals surface area contributed by atoms with Gasteiger partial charge in [0.1, 0.15) is 5.82 Å². The summed E-state index contributed by atoms with van der Waals surface area (Å²) in [6.07, 6.45) is 1.02. The van der Waals surface area contributed by atoms with E-state index in [9.17, 15) is 12.8 Å². The SMILES string of the molecule is NCc1ccc(F)cc1CS(=O)(=O)C1CCOCC1. The van der Waals surface area contributed by atoms with Crippen LogP contribution in [0.25, 0.3) is 0 Å². The average Bonchev–Trinajstić information content (AvgIpc) is 2.39. The van der Waals surface area contributed by atoms with E-state index < -0.39 is 20.9 Å². The van der Waals surface area contributed by atoms with Gasteiger partial charge in [0.25, 0.3) is 0 Å². The van der Waals surface area contributed by atoms with Crippen LogP contribution in [0.1, 0.15) is 24.0 Å². The zero-order valence-electron chi connectivity index (χ0n) is 10.6. The van der Waals surface area contributed by atoms with Gasteiger partial charge in [-0.2, -0.15) is 0 Å². The van der Waals surface area contributed by atoms with Gasteiger partial charge in [0.05, 0.1) is 11.0 Å². The number of benzene rings is 1. The second-order valence-electron chi connectivity index (χ2n) is 4.74. The van der Waals surface area contributed by atoms with Gasteiger partial charge in [-0.15, -0.1) is 0 Å². The topological polar surface area (TPSA) is 69.4 Å². The third-order valence-electron chi connectivity index (χ3n) is 3.42. The summed E-state index contributed by atoms with van der Waals surface area (Å²) in [5, 5.41) is -0.393. The maximum Gasteiger partial charge on any atom is 0.157 e. The minimum Gasteiger partial charge on any atom is -0.381 e. The van der Waals surface area contributed by atoms with E-state index in [4.69, 9.17) is 10.5 Å². The number of nitrogens with two attached hydrogens (primary N) is 1. The first-order chi connectivity index (χ1) is 9.03. The number of halogens is 1. The Kier molecular flexibility index (Phi) is 4.54. The lowest BCUT2D eigenvalue weighted by Gasteiger charge is -2.22. The Morgan fingerprint density at radius 3 is 2.58 bits per heavy atom. The third kappa shape index (κ3) is 3.52. The molecule has 0 aromatic heterocycles. The molecule has 1 aliphatic rings. The summed E-state index contributed by atoms with van der Waals surface area (Å²) in [6, 6.07) is 4.11. The molecule has 1 aromatic carbocycles. The van der Waals surface area contributed by atoms with Gasteiger partial charge >= 0.3 is 0 Å². The van der Waals surface area contributed by atoms with Crippen molar-refractivity contribution in [2.75, 3.05) is 13.2 Å². The smallest absolute Gasteiger partial charge is 0.157 e. The summed E-state index contributed by atoms with van der Waals surface area (Å²) in [7, 11) is -3.29. The van der Waals surface area contributed by atoms with Crippen molar-refractivity contribution in [3.05, 3.63) is 35.1 Å². The van der Waals surface area contributed by atoms with Crippen LogP contribution in [0.15, 0.2) is 18.2 Å². The predicted molar refractivity (Wildman–Crippen MR) is 70.8 cm³/mol. The van der Waals surface area contributed by atoms with Crippen LogP contribution >= 0.6 is 0 Å². The Morgan fingerprint density at radius 2 is 1.95 bits per heavy atom. The highest BCUT2D eigenvalue weighted by Crippen LogP contribution is 2.22. The molecule has 2 N–H and O–H groups in total. The lowest BCUT2D eigenvalue weighted by atomic mass is 10.1. The Bertz CT molecular complexity index is 539. The second kappa shape index (κ2) is 5.98. The molecule has 4 nitrogen and oxygen atoms in total. The summed E-state index contributed by atoms with van der Waals surface area (Å²) in [4.78, 5) is 0. The highest BCUT2D eigenvalue weighted by Gasteiger charge is 2.28. The van der Waals surface area contributed by atoms with Crippen LogP contribution in [0.5, 0.6) is 0 Å². The van der Waals surface area contributed by atoms with Gasteiger partial charge in [-0.05, 0) is 36.1 Å². The molecule has 0 unspecified atom stereocenters. The highest BCUT2D eigenvalue weighted by atomic mass is 32.2. The molecule has 0 bridgehead atoms. The predicted octanol–water partition coefficient (Wildman–Crippen LogP) is 1.38. The molecular formula is C13H18FNO3S. The molecule has 0 amide bonds. The monoisotopic (exact) mass is 287 g/mol. The van der Waals surface area contributed by atoms with Gasteiger partial charge in [0, 0.05) is 19.8 Å². The zero-order chi connectivity index (χ0) is 13.9. The number of ether oxygens (including phenoxy) is 1. The van der Waals surface area contributed by atoms with Crippen molar-refractivity contribution in [1.29, 1.82) is 0 Å². The third-order valence-corrected chi connectivity index (χ3v) is 5.62. The first kappa shape index (κ1) is 14.4. The molecule has 1 aliphatic heterocycles. The van der Waals surface area contributed by atoms with Crippen molar-refractivity contribution in [3.8, 4) is 0 Å². The number of hydrogen-bond donors (Lipinski definition) is 1. The highest BCUT2D eigenvalue weighted by molar-refractivity contribution is 7.91. The van der Waals surface area contributed by atoms with Crippen LogP contribution in [0.4, 0.5) is 4.39 Å². The van der Waals surface area contributed by atoms with E-state index in [-0.39, 0.29) is 12.3 Å². The molecule has 6 heteroatoms. The van der Waals surface area contributed by atoms with Crippen molar-refractivity contribution >= 4 is 9.84 Å². The summed E-state index contributed by atoms with van der Waals surface area (Å²) < 4.78 is 43.0. The van der Waals surface area contributed by atoms with E-state index in [0.717, 1.165) is 0 Å². The Labute approximate surface area is 112 Å². The normalized spacial score (nSPS) is 17.6. The minimum atomic E-state index is -3.29. The van der Waals surface area contributed by atoms with E-state index in [0.29, 0.717) is 37.2 Å². The van der Waals surface area contributed by atoms with Gasteiger partial charge in [-0.1, -0.05) is 6.07 Å². The molecule has 19 heavy (non-hydrogen) atoms. The average molecular weight is 287 g/mol. The maximum atomic E-state index is 13.2. The van der Waals surface area contributed by atoms with E-state index in [1.807, 2.05) is 0 Å². The first-order valence-corrected chi connectivity index (χ1v) is 8.01. The molecule has 2 rings (SSSR count). The molecule has 0 radical (unpaired) electrons. The van der Waals surface area contributed by atoms with Crippen molar-refractivity contribution in [1.82, 2.24) is 0 Å². The van der Waals surface area contributed by atoms with Gasteiger partial charge in [-0.25, -0.2) is 12.8 Å². The molecule has 1 fully saturated rings. The molecule has 1 aromatic rings. The summed E-state index contributed by atoms with van der Waals surface area (Å²) >= 11 is 0. The molecule has 0 saturated carbocycles. The van der Waals surface area contributed by atoms with Crippen LogP contribution in [0, 0.1) is 5.82 Å². The van der Waals surface area contributed by atoms with Crippen LogP contribution in [0.2, 0.25) is 0 Å². The van der Waals surface area contributed by atoms with Gasteiger partial charge in [0.2, 0.25) is 0 Å². The number of rotatable bonds is 4. The summed E-state index contributed by atoms with van der Waals surface area (Å²) in [6.45, 7) is 1.15. The maximum absolute atomic E-state index is 13.2. The van der Waals surface area contributed by atoms with Gasteiger partial charge in [0.15, 0.2) is 9.84 Å². The Morgan fingerprint density at radius 1 is 1.26 bits per heavy atom. The molecule has 1 saturated heterocycles. The van der Waals surface area contributed by atoms with Gasteiger partial charge in [-0.3, -0.25) is 0 Å². The molecular weight excluding hydrogens is 269 g/mol. The van der Waals surface area contributed by atoms with Crippen molar-refractivity contribution < 1.29 is 17.5 Å². The van der Waals surface area contributed by atoms with E-state index in [2.05, 4.69) is 0 Å². The lowest BCUT2D eigenvalue weighted by Crippen LogP contribution is -2.30. The van der Waals surface area contributed by atoms with Crippen molar-refractivity contribution in [2.45, 2.75) is 30.4 Å². The molecule has 1 heterocycles.